The zero-order chi connectivity index (χ0) is 27.0. The molecule has 0 saturated heterocycles. The van der Waals surface area contributed by atoms with E-state index in [1.807, 2.05) is 31.3 Å². The molecule has 8 nitrogen and oxygen atoms in total. The lowest BCUT2D eigenvalue weighted by Crippen LogP contribution is -2.29. The molecule has 1 saturated carbocycles. The van der Waals surface area contributed by atoms with E-state index in [1.165, 1.54) is 17.4 Å². The quantitative estimate of drug-likeness (QED) is 0.332. The van der Waals surface area contributed by atoms with E-state index in [-0.39, 0.29) is 22.9 Å². The minimum Gasteiger partial charge on any atom is -0.329 e. The van der Waals surface area contributed by atoms with Gasteiger partial charge in [-0.3, -0.25) is 4.79 Å². The van der Waals surface area contributed by atoms with Crippen LogP contribution in [0.25, 0.3) is 10.3 Å². The molecule has 2 aromatic heterocycles. The molecule has 0 bridgehead atoms. The molecule has 198 valence electrons. The summed E-state index contributed by atoms with van der Waals surface area (Å²) in [5.74, 6) is 0.569. The molecule has 2 aliphatic carbocycles. The van der Waals surface area contributed by atoms with Crippen LogP contribution in [0.15, 0.2) is 54.3 Å². The number of rotatable bonds is 6. The number of amides is 3. The van der Waals surface area contributed by atoms with Crippen LogP contribution in [0.1, 0.15) is 40.0 Å². The highest BCUT2D eigenvalue weighted by molar-refractivity contribution is 7.22. The largest absolute Gasteiger partial charge is 0.329 e. The smallest absolute Gasteiger partial charge is 0.323 e. The molecule has 3 aromatic rings. The molecule has 1 unspecified atom stereocenters. The van der Waals surface area contributed by atoms with Gasteiger partial charge in [-0.25, -0.2) is 19.2 Å². The number of benzene rings is 1. The summed E-state index contributed by atoms with van der Waals surface area (Å²) in [5, 5.41) is 8.80. The number of anilines is 4. The van der Waals surface area contributed by atoms with E-state index in [0.29, 0.717) is 38.6 Å². The Bertz CT molecular complexity index is 1450. The van der Waals surface area contributed by atoms with Crippen molar-refractivity contribution in [1.82, 2.24) is 15.3 Å². The maximum absolute atomic E-state index is 14.6. The van der Waals surface area contributed by atoms with E-state index in [0.717, 1.165) is 19.3 Å². The molecule has 0 aliphatic heterocycles. The van der Waals surface area contributed by atoms with Gasteiger partial charge in [0.15, 0.2) is 5.13 Å². The molecule has 5 rings (SSSR count). The Balaban J connectivity index is 1.26. The second-order valence-corrected chi connectivity index (χ2v) is 11.8. The van der Waals surface area contributed by atoms with Crippen LogP contribution in [0, 0.1) is 23.1 Å². The number of pyridine rings is 1. The molecule has 3 amide bonds. The highest BCUT2D eigenvalue weighted by Crippen LogP contribution is 2.34. The predicted molar refractivity (Wildman–Crippen MR) is 150 cm³/mol. The number of thiazole rings is 1. The lowest BCUT2D eigenvalue weighted by molar-refractivity contribution is -0.117. The SMILES string of the molecule is CN(c1ccc(F)c(NC(=O)NC2=CCC(C(C)(C)C)C=C2)c1)c1ccc2nc(NC(=O)C3CC3)sc2n1. The highest BCUT2D eigenvalue weighted by Gasteiger charge is 2.30. The van der Waals surface area contributed by atoms with Crippen LogP contribution in [-0.4, -0.2) is 29.0 Å². The minimum absolute atomic E-state index is 0.00155. The number of fused-ring (bicyclic) bond motifs is 1. The average molecular weight is 535 g/mol. The Morgan fingerprint density at radius 1 is 1.08 bits per heavy atom. The second-order valence-electron chi connectivity index (χ2n) is 10.8. The predicted octanol–water partition coefficient (Wildman–Crippen LogP) is 6.57. The van der Waals surface area contributed by atoms with Gasteiger partial charge in [0.2, 0.25) is 5.91 Å². The minimum atomic E-state index is -0.542. The van der Waals surface area contributed by atoms with E-state index in [2.05, 4.69) is 52.8 Å². The van der Waals surface area contributed by atoms with Gasteiger partial charge < -0.3 is 20.9 Å². The summed E-state index contributed by atoms with van der Waals surface area (Å²) < 4.78 is 14.6. The Labute approximate surface area is 225 Å². The molecule has 0 spiro atoms. The number of carbonyl (C=O) groups excluding carboxylic acids is 2. The van der Waals surface area contributed by atoms with Crippen molar-refractivity contribution >= 4 is 55.9 Å². The normalized spacial score (nSPS) is 17.2. The first-order chi connectivity index (χ1) is 18.1. The summed E-state index contributed by atoms with van der Waals surface area (Å²) in [7, 11) is 1.81. The van der Waals surface area contributed by atoms with Crippen LogP contribution < -0.4 is 20.9 Å². The third-order valence-electron chi connectivity index (χ3n) is 6.82. The van der Waals surface area contributed by atoms with Crippen LogP contribution in [-0.2, 0) is 4.79 Å². The molecule has 1 fully saturated rings. The van der Waals surface area contributed by atoms with Gasteiger partial charge in [0.05, 0.1) is 5.69 Å². The topological polar surface area (TPSA) is 99.3 Å². The lowest BCUT2D eigenvalue weighted by Gasteiger charge is -2.29. The Morgan fingerprint density at radius 2 is 1.87 bits per heavy atom. The summed E-state index contributed by atoms with van der Waals surface area (Å²) in [5.41, 5.74) is 2.22. The van der Waals surface area contributed by atoms with Gasteiger partial charge >= 0.3 is 6.03 Å². The molecule has 0 radical (unpaired) electrons. The number of hydrogen-bond donors (Lipinski definition) is 3. The van der Waals surface area contributed by atoms with Gasteiger partial charge in [-0.1, -0.05) is 44.3 Å². The third kappa shape index (κ3) is 5.85. The van der Waals surface area contributed by atoms with Crippen LogP contribution >= 0.6 is 11.3 Å². The molecule has 2 heterocycles. The summed E-state index contributed by atoms with van der Waals surface area (Å²) >= 11 is 1.31. The van der Waals surface area contributed by atoms with E-state index < -0.39 is 11.8 Å². The maximum Gasteiger partial charge on any atom is 0.323 e. The van der Waals surface area contributed by atoms with Crippen molar-refractivity contribution in [3.8, 4) is 0 Å². The van der Waals surface area contributed by atoms with Crippen LogP contribution in [0.4, 0.5) is 31.5 Å². The van der Waals surface area contributed by atoms with Crippen molar-refractivity contribution in [1.29, 1.82) is 0 Å². The molecule has 38 heavy (non-hydrogen) atoms. The summed E-state index contributed by atoms with van der Waals surface area (Å²) in [6.07, 6.45) is 8.65. The highest BCUT2D eigenvalue weighted by atomic mass is 32.1. The van der Waals surface area contributed by atoms with Crippen LogP contribution in [0.5, 0.6) is 0 Å². The second kappa shape index (κ2) is 10.2. The van der Waals surface area contributed by atoms with E-state index >= 15 is 0 Å². The van der Waals surface area contributed by atoms with Crippen LogP contribution in [0.3, 0.4) is 0 Å². The number of nitrogens with zero attached hydrogens (tertiary/aromatic N) is 3. The molecule has 1 aromatic carbocycles. The van der Waals surface area contributed by atoms with Gasteiger partial charge in [-0.15, -0.1) is 0 Å². The zero-order valence-electron chi connectivity index (χ0n) is 21.8. The van der Waals surface area contributed by atoms with E-state index in [4.69, 9.17) is 0 Å². The van der Waals surface area contributed by atoms with E-state index in [1.54, 1.807) is 17.0 Å². The number of halogens is 1. The number of hydrogen-bond acceptors (Lipinski definition) is 6. The summed E-state index contributed by atoms with van der Waals surface area (Å²) in [6, 6.07) is 7.63. The first-order valence-electron chi connectivity index (χ1n) is 12.6. The molecule has 1 atom stereocenters. The van der Waals surface area contributed by atoms with Crippen molar-refractivity contribution in [3.63, 3.8) is 0 Å². The molecule has 2 aliphatic rings. The summed E-state index contributed by atoms with van der Waals surface area (Å²) in [6.45, 7) is 6.56. The number of allylic oxidation sites excluding steroid dienone is 3. The summed E-state index contributed by atoms with van der Waals surface area (Å²) in [4.78, 5) is 36.3. The zero-order valence-corrected chi connectivity index (χ0v) is 22.7. The van der Waals surface area contributed by atoms with Crippen molar-refractivity contribution in [2.45, 2.75) is 40.0 Å². The number of aromatic nitrogens is 2. The molecule has 10 heteroatoms. The number of carbonyl (C=O) groups is 2. The van der Waals surface area contributed by atoms with Crippen molar-refractivity contribution < 1.29 is 14.0 Å². The fourth-order valence-electron chi connectivity index (χ4n) is 4.19. The van der Waals surface area contributed by atoms with Crippen molar-refractivity contribution in [2.24, 2.45) is 17.3 Å². The lowest BCUT2D eigenvalue weighted by atomic mass is 9.77. The molecular weight excluding hydrogens is 503 g/mol. The van der Waals surface area contributed by atoms with Gasteiger partial charge in [0.1, 0.15) is 22.0 Å². The van der Waals surface area contributed by atoms with Gasteiger partial charge in [-0.2, -0.15) is 0 Å². The van der Waals surface area contributed by atoms with Crippen molar-refractivity contribution in [2.75, 3.05) is 22.6 Å². The van der Waals surface area contributed by atoms with Crippen molar-refractivity contribution in [3.05, 3.63) is 60.1 Å². The van der Waals surface area contributed by atoms with Gasteiger partial charge in [0, 0.05) is 24.4 Å². The standard InChI is InChI=1S/C28H31FN6O2S/c1-28(2,3)17-7-9-18(10-8-17)30-26(37)31-22-15-19(11-12-20(22)29)35(4)23-14-13-21-25(33-23)38-27(32-21)34-24(36)16-5-6-16/h7,9-17H,5-6,8H2,1-4H3,(H2,30,31,37)(H,32,34,36). The fraction of sp³-hybridized carbons (Fsp3) is 0.357. The first kappa shape index (κ1) is 25.8. The molecule has 3 N–H and O–H groups in total. The van der Waals surface area contributed by atoms with Gasteiger partial charge in [-0.05, 0) is 67.0 Å². The Hall–Kier alpha value is -3.79. The number of nitrogens with one attached hydrogen (secondary N) is 3. The monoisotopic (exact) mass is 534 g/mol. The number of urea groups is 1. The van der Waals surface area contributed by atoms with E-state index in [9.17, 15) is 14.0 Å². The first-order valence-corrected chi connectivity index (χ1v) is 13.5. The Kier molecular flexibility index (Phi) is 6.92. The van der Waals surface area contributed by atoms with Crippen LogP contribution in [0.2, 0.25) is 0 Å². The molecular formula is C28H31FN6O2S. The Morgan fingerprint density at radius 3 is 2.55 bits per heavy atom. The fourth-order valence-corrected chi connectivity index (χ4v) is 5.03. The third-order valence-corrected chi connectivity index (χ3v) is 7.70. The average Bonchev–Trinajstić information content (AvgIpc) is 3.65. The van der Waals surface area contributed by atoms with Gasteiger partial charge in [0.25, 0.3) is 0 Å². The maximum atomic E-state index is 14.6.